The van der Waals surface area contributed by atoms with Gasteiger partial charge in [0.2, 0.25) is 0 Å². The molecule has 0 aromatic carbocycles. The molecule has 0 aromatic rings. The van der Waals surface area contributed by atoms with E-state index in [1.54, 1.807) is 0 Å². The molecule has 0 aliphatic heterocycles. The fraction of sp³-hybridized carbons (Fsp3) is 0.900. The summed E-state index contributed by atoms with van der Waals surface area (Å²) in [7, 11) is 0. The van der Waals surface area contributed by atoms with Crippen LogP contribution in [0.4, 0.5) is 4.79 Å². The van der Waals surface area contributed by atoms with Gasteiger partial charge in [0.15, 0.2) is 0 Å². The van der Waals surface area contributed by atoms with Crippen LogP contribution in [0, 0.1) is 0 Å². The Labute approximate surface area is 103 Å². The van der Waals surface area contributed by atoms with Crippen LogP contribution in [0.5, 0.6) is 0 Å². The summed E-state index contributed by atoms with van der Waals surface area (Å²) in [4.78, 5) is 11.5. The Kier molecular flexibility index (Phi) is 8.57. The summed E-state index contributed by atoms with van der Waals surface area (Å²) in [6.45, 7) is 1.78. The van der Waals surface area contributed by atoms with E-state index in [1.807, 2.05) is 6.92 Å². The molecular weight excluding hydrogens is 251 g/mol. The third-order valence-corrected chi connectivity index (χ3v) is 5.91. The SMILES string of the molecule is CCCCC[Si](Cl)(Cl)C(=O)OCCCC. The molecule has 0 rings (SSSR count). The first kappa shape index (κ1) is 15.3. The van der Waals surface area contributed by atoms with Crippen molar-refractivity contribution in [1.29, 1.82) is 0 Å². The zero-order valence-electron chi connectivity index (χ0n) is 9.52. The maximum Gasteiger partial charge on any atom is 0.370 e. The number of halogens is 2. The smallest absolute Gasteiger partial charge is 0.370 e. The highest BCUT2D eigenvalue weighted by Crippen LogP contribution is 2.26. The lowest BCUT2D eigenvalue weighted by Gasteiger charge is -2.14. The molecule has 0 N–H and O–H groups in total. The van der Waals surface area contributed by atoms with E-state index in [2.05, 4.69) is 6.92 Å². The lowest BCUT2D eigenvalue weighted by molar-refractivity contribution is 0.169. The molecule has 90 valence electrons. The van der Waals surface area contributed by atoms with Gasteiger partial charge in [-0.2, -0.15) is 0 Å². The van der Waals surface area contributed by atoms with Crippen LogP contribution in [0.25, 0.3) is 0 Å². The summed E-state index contributed by atoms with van der Waals surface area (Å²) < 4.78 is 5.04. The van der Waals surface area contributed by atoms with Gasteiger partial charge >= 0.3 is 12.3 Å². The number of ether oxygens (including phenoxy) is 1. The summed E-state index contributed by atoms with van der Waals surface area (Å²) in [5, 5.41) is 0. The molecule has 0 heterocycles. The van der Waals surface area contributed by atoms with E-state index in [0.29, 0.717) is 12.7 Å². The van der Waals surface area contributed by atoms with Gasteiger partial charge in [-0.25, -0.2) is 0 Å². The highest BCUT2D eigenvalue weighted by molar-refractivity contribution is 7.57. The summed E-state index contributed by atoms with van der Waals surface area (Å²) >= 11 is 12.1. The molecule has 0 fully saturated rings. The summed E-state index contributed by atoms with van der Waals surface area (Å²) in [5.74, 6) is 0. The topological polar surface area (TPSA) is 26.3 Å². The second-order valence-corrected chi connectivity index (χ2v) is 10.4. The number of carbonyl (C=O) groups excluding carboxylic acids is 1. The Morgan fingerprint density at radius 2 is 1.73 bits per heavy atom. The Bertz CT molecular complexity index is 186. The van der Waals surface area contributed by atoms with E-state index in [9.17, 15) is 4.79 Å². The largest absolute Gasteiger partial charge is 0.468 e. The lowest BCUT2D eigenvalue weighted by Crippen LogP contribution is -2.33. The van der Waals surface area contributed by atoms with Crippen LogP contribution in [0.2, 0.25) is 6.04 Å². The fourth-order valence-electron chi connectivity index (χ4n) is 1.11. The van der Waals surface area contributed by atoms with Crippen LogP contribution in [0.1, 0.15) is 46.0 Å². The molecule has 0 bridgehead atoms. The molecule has 0 atom stereocenters. The molecule has 0 unspecified atom stereocenters. The van der Waals surface area contributed by atoms with Crippen LogP contribution >= 0.6 is 22.2 Å². The normalized spacial score (nSPS) is 11.5. The van der Waals surface area contributed by atoms with E-state index < -0.39 is 6.69 Å². The van der Waals surface area contributed by atoms with Crippen LogP contribution in [-0.2, 0) is 4.74 Å². The van der Waals surface area contributed by atoms with Gasteiger partial charge in [0, 0.05) is 0 Å². The van der Waals surface area contributed by atoms with Crippen molar-refractivity contribution in [2.24, 2.45) is 0 Å². The maximum absolute atomic E-state index is 11.5. The second kappa shape index (κ2) is 8.42. The van der Waals surface area contributed by atoms with E-state index in [1.165, 1.54) is 0 Å². The molecule has 2 nitrogen and oxygen atoms in total. The number of carbonyl (C=O) groups is 1. The van der Waals surface area contributed by atoms with Crippen molar-refractivity contribution in [3.05, 3.63) is 0 Å². The highest BCUT2D eigenvalue weighted by Gasteiger charge is 2.39. The van der Waals surface area contributed by atoms with Crippen molar-refractivity contribution in [2.75, 3.05) is 6.61 Å². The van der Waals surface area contributed by atoms with Crippen LogP contribution in [0.3, 0.4) is 0 Å². The van der Waals surface area contributed by atoms with E-state index in [4.69, 9.17) is 26.9 Å². The minimum Gasteiger partial charge on any atom is -0.468 e. The minimum absolute atomic E-state index is 0.365. The lowest BCUT2D eigenvalue weighted by atomic mass is 10.3. The van der Waals surface area contributed by atoms with Gasteiger partial charge in [-0.1, -0.05) is 39.5 Å². The van der Waals surface area contributed by atoms with Gasteiger partial charge < -0.3 is 4.74 Å². The summed E-state index contributed by atoms with van der Waals surface area (Å²) in [6, 6.07) is 0.606. The first-order valence-corrected chi connectivity index (χ1v) is 9.82. The Hall–Kier alpha value is 0.267. The van der Waals surface area contributed by atoms with Gasteiger partial charge in [-0.15, -0.1) is 22.2 Å². The molecule has 0 aliphatic carbocycles. The van der Waals surface area contributed by atoms with Crippen molar-refractivity contribution in [3.8, 4) is 0 Å². The second-order valence-electron chi connectivity index (χ2n) is 3.65. The van der Waals surface area contributed by atoms with Crippen molar-refractivity contribution in [1.82, 2.24) is 0 Å². The average molecular weight is 271 g/mol. The number of hydrogen-bond acceptors (Lipinski definition) is 2. The van der Waals surface area contributed by atoms with Crippen LogP contribution in [-0.4, -0.2) is 18.9 Å². The monoisotopic (exact) mass is 270 g/mol. The molecule has 5 heteroatoms. The third-order valence-electron chi connectivity index (χ3n) is 2.12. The molecule has 0 saturated carbocycles. The quantitative estimate of drug-likeness (QED) is 0.366. The van der Waals surface area contributed by atoms with Gasteiger partial charge in [-0.3, -0.25) is 4.79 Å². The number of unbranched alkanes of at least 4 members (excludes halogenated alkanes) is 3. The third kappa shape index (κ3) is 7.20. The Balaban J connectivity index is 3.80. The fourth-order valence-corrected chi connectivity index (χ4v) is 3.45. The van der Waals surface area contributed by atoms with Crippen molar-refractivity contribution in [2.45, 2.75) is 52.0 Å². The predicted octanol–water partition coefficient (Wildman–Crippen LogP) is 4.61. The van der Waals surface area contributed by atoms with Crippen LogP contribution in [0.15, 0.2) is 0 Å². The molecular formula is C10H20Cl2O2Si. The number of hydrogen-bond donors (Lipinski definition) is 0. The molecule has 0 radical (unpaired) electrons. The van der Waals surface area contributed by atoms with Gasteiger partial charge in [0.1, 0.15) is 0 Å². The molecule has 0 spiro atoms. The maximum atomic E-state index is 11.5. The van der Waals surface area contributed by atoms with Gasteiger partial charge in [0.05, 0.1) is 6.61 Å². The summed E-state index contributed by atoms with van der Waals surface area (Å²) in [5.41, 5.74) is -0.365. The standard InChI is InChI=1S/C10H20Cl2O2Si/c1-3-5-7-9-15(11,12)10(13)14-8-6-4-2/h3-9H2,1-2H3. The number of rotatable bonds is 8. The first-order valence-electron chi connectivity index (χ1n) is 5.59. The van der Waals surface area contributed by atoms with E-state index in [0.717, 1.165) is 32.1 Å². The predicted molar refractivity (Wildman–Crippen MR) is 68.0 cm³/mol. The van der Waals surface area contributed by atoms with Gasteiger partial charge in [-0.05, 0) is 12.5 Å². The molecule has 0 saturated heterocycles. The van der Waals surface area contributed by atoms with Crippen LogP contribution < -0.4 is 0 Å². The first-order chi connectivity index (χ1) is 7.04. The molecule has 0 aliphatic rings. The molecule has 0 amide bonds. The van der Waals surface area contributed by atoms with Crippen molar-refractivity contribution in [3.63, 3.8) is 0 Å². The molecule has 15 heavy (non-hydrogen) atoms. The van der Waals surface area contributed by atoms with Crippen molar-refractivity contribution >= 4 is 34.4 Å². The Morgan fingerprint density at radius 1 is 1.13 bits per heavy atom. The molecule has 0 aromatic heterocycles. The highest BCUT2D eigenvalue weighted by atomic mass is 35.7. The Morgan fingerprint density at radius 3 is 2.27 bits per heavy atom. The zero-order valence-corrected chi connectivity index (χ0v) is 12.0. The van der Waals surface area contributed by atoms with E-state index in [-0.39, 0.29) is 5.59 Å². The zero-order chi connectivity index (χ0) is 11.7. The van der Waals surface area contributed by atoms with Crippen molar-refractivity contribution < 1.29 is 9.53 Å². The average Bonchev–Trinajstić information content (AvgIpc) is 2.18. The van der Waals surface area contributed by atoms with E-state index >= 15 is 0 Å². The minimum atomic E-state index is -2.81. The van der Waals surface area contributed by atoms with Gasteiger partial charge in [0.25, 0.3) is 0 Å². The summed E-state index contributed by atoms with van der Waals surface area (Å²) in [6.07, 6.45) is 4.96.